The molecule has 0 aliphatic heterocycles. The first-order chi connectivity index (χ1) is 8.58. The lowest BCUT2D eigenvalue weighted by Gasteiger charge is -2.17. The fourth-order valence-corrected chi connectivity index (χ4v) is 1.82. The molecular formula is C12H19ClN4O. The molecule has 0 radical (unpaired) electrons. The van der Waals surface area contributed by atoms with E-state index in [1.54, 1.807) is 24.1 Å². The molecular weight excluding hydrogens is 252 g/mol. The predicted octanol–water partition coefficient (Wildman–Crippen LogP) is 2.28. The highest BCUT2D eigenvalue weighted by Crippen LogP contribution is 2.15. The van der Waals surface area contributed by atoms with Gasteiger partial charge in [-0.1, -0.05) is 31.4 Å². The summed E-state index contributed by atoms with van der Waals surface area (Å²) in [6, 6.07) is 3.13. The fourth-order valence-electron chi connectivity index (χ4n) is 1.62. The summed E-state index contributed by atoms with van der Waals surface area (Å²) >= 11 is 5.83. The van der Waals surface area contributed by atoms with Crippen LogP contribution >= 0.6 is 11.6 Å². The van der Waals surface area contributed by atoms with E-state index in [0.717, 1.165) is 25.8 Å². The summed E-state index contributed by atoms with van der Waals surface area (Å²) < 4.78 is 0. The van der Waals surface area contributed by atoms with E-state index in [1.165, 1.54) is 0 Å². The lowest BCUT2D eigenvalue weighted by Crippen LogP contribution is -2.28. The second kappa shape index (κ2) is 7.18. The van der Waals surface area contributed by atoms with Crippen LogP contribution in [0.5, 0.6) is 0 Å². The van der Waals surface area contributed by atoms with Gasteiger partial charge in [0.05, 0.1) is 0 Å². The SMILES string of the molecule is CCCCCN(C)C(=O)c1cc(Cl)nc(NN)c1. The molecule has 0 unspecified atom stereocenters. The van der Waals surface area contributed by atoms with Crippen molar-refractivity contribution in [3.05, 3.63) is 22.8 Å². The highest BCUT2D eigenvalue weighted by Gasteiger charge is 2.13. The standard InChI is InChI=1S/C12H19ClN4O/c1-3-4-5-6-17(2)12(18)9-7-10(13)15-11(8-9)16-14/h7-8H,3-6,14H2,1-2H3,(H,15,16). The average molecular weight is 271 g/mol. The Morgan fingerprint density at radius 3 is 2.83 bits per heavy atom. The van der Waals surface area contributed by atoms with E-state index in [9.17, 15) is 4.79 Å². The Kier molecular flexibility index (Phi) is 5.88. The Bertz CT molecular complexity index is 411. The summed E-state index contributed by atoms with van der Waals surface area (Å²) in [4.78, 5) is 17.7. The second-order valence-electron chi connectivity index (χ2n) is 4.14. The minimum atomic E-state index is -0.0769. The number of nitrogens with one attached hydrogen (secondary N) is 1. The maximum absolute atomic E-state index is 12.1. The van der Waals surface area contributed by atoms with Crippen LogP contribution in [0.3, 0.4) is 0 Å². The molecule has 18 heavy (non-hydrogen) atoms. The van der Waals surface area contributed by atoms with Crippen molar-refractivity contribution in [1.82, 2.24) is 9.88 Å². The average Bonchev–Trinajstić information content (AvgIpc) is 2.37. The summed E-state index contributed by atoms with van der Waals surface area (Å²) in [5.74, 6) is 5.57. The van der Waals surface area contributed by atoms with Crippen molar-refractivity contribution in [3.8, 4) is 0 Å². The van der Waals surface area contributed by atoms with Gasteiger partial charge in [0.1, 0.15) is 11.0 Å². The first kappa shape index (κ1) is 14.7. The summed E-state index contributed by atoms with van der Waals surface area (Å²) in [7, 11) is 1.78. The summed E-state index contributed by atoms with van der Waals surface area (Å²) in [5, 5.41) is 0.246. The summed E-state index contributed by atoms with van der Waals surface area (Å²) in [6.07, 6.45) is 3.24. The van der Waals surface area contributed by atoms with Crippen LogP contribution in [0, 0.1) is 0 Å². The maximum Gasteiger partial charge on any atom is 0.253 e. The number of carbonyl (C=O) groups is 1. The molecule has 5 nitrogen and oxygen atoms in total. The zero-order chi connectivity index (χ0) is 13.5. The van der Waals surface area contributed by atoms with E-state index in [2.05, 4.69) is 17.3 Å². The third-order valence-electron chi connectivity index (χ3n) is 2.63. The lowest BCUT2D eigenvalue weighted by molar-refractivity contribution is 0.0792. The molecule has 3 N–H and O–H groups in total. The number of hydrazine groups is 1. The van der Waals surface area contributed by atoms with Gasteiger partial charge in [-0.3, -0.25) is 4.79 Å². The number of pyridine rings is 1. The summed E-state index contributed by atoms with van der Waals surface area (Å²) in [5.41, 5.74) is 2.88. The second-order valence-corrected chi connectivity index (χ2v) is 4.53. The topological polar surface area (TPSA) is 71.2 Å². The number of carbonyl (C=O) groups excluding carboxylic acids is 1. The molecule has 1 rings (SSSR count). The van der Waals surface area contributed by atoms with Gasteiger partial charge in [0.15, 0.2) is 0 Å². The fraction of sp³-hybridized carbons (Fsp3) is 0.500. The zero-order valence-corrected chi connectivity index (χ0v) is 11.5. The molecule has 1 aromatic heterocycles. The zero-order valence-electron chi connectivity index (χ0n) is 10.7. The quantitative estimate of drug-likeness (QED) is 0.360. The molecule has 0 aromatic carbocycles. The van der Waals surface area contributed by atoms with Crippen molar-refractivity contribution >= 4 is 23.3 Å². The minimum absolute atomic E-state index is 0.0769. The monoisotopic (exact) mass is 270 g/mol. The Hall–Kier alpha value is -1.33. The Labute approximate surface area is 112 Å². The lowest BCUT2D eigenvalue weighted by atomic mass is 10.2. The van der Waals surface area contributed by atoms with E-state index in [4.69, 9.17) is 17.4 Å². The third kappa shape index (κ3) is 4.16. The molecule has 1 aromatic rings. The van der Waals surface area contributed by atoms with Gasteiger partial charge in [0.2, 0.25) is 0 Å². The molecule has 6 heteroatoms. The van der Waals surface area contributed by atoms with Gasteiger partial charge < -0.3 is 10.3 Å². The van der Waals surface area contributed by atoms with Gasteiger partial charge >= 0.3 is 0 Å². The number of nitrogens with zero attached hydrogens (tertiary/aromatic N) is 2. The van der Waals surface area contributed by atoms with Gasteiger partial charge in [0, 0.05) is 19.2 Å². The van der Waals surface area contributed by atoms with Crippen LogP contribution < -0.4 is 11.3 Å². The van der Waals surface area contributed by atoms with Crippen molar-refractivity contribution < 1.29 is 4.79 Å². The van der Waals surface area contributed by atoms with Crippen molar-refractivity contribution in [2.75, 3.05) is 19.0 Å². The van der Waals surface area contributed by atoms with Crippen LogP contribution in [0.2, 0.25) is 5.15 Å². The number of rotatable bonds is 6. The molecule has 0 spiro atoms. The number of amides is 1. The number of unbranched alkanes of at least 4 members (excludes halogenated alkanes) is 2. The Morgan fingerprint density at radius 2 is 2.22 bits per heavy atom. The van der Waals surface area contributed by atoms with Crippen molar-refractivity contribution in [3.63, 3.8) is 0 Å². The van der Waals surface area contributed by atoms with E-state index in [0.29, 0.717) is 11.4 Å². The minimum Gasteiger partial charge on any atom is -0.342 e. The molecule has 0 aliphatic carbocycles. The highest BCUT2D eigenvalue weighted by atomic mass is 35.5. The highest BCUT2D eigenvalue weighted by molar-refractivity contribution is 6.29. The molecule has 100 valence electrons. The van der Waals surface area contributed by atoms with Gasteiger partial charge in [-0.05, 0) is 18.6 Å². The van der Waals surface area contributed by atoms with Gasteiger partial charge in [0.25, 0.3) is 5.91 Å². The molecule has 1 heterocycles. The van der Waals surface area contributed by atoms with Crippen molar-refractivity contribution in [2.24, 2.45) is 5.84 Å². The first-order valence-corrected chi connectivity index (χ1v) is 6.36. The molecule has 0 saturated carbocycles. The molecule has 1 amide bonds. The molecule has 0 fully saturated rings. The Morgan fingerprint density at radius 1 is 1.50 bits per heavy atom. The number of anilines is 1. The van der Waals surface area contributed by atoms with E-state index in [1.807, 2.05) is 0 Å². The Balaban J connectivity index is 2.73. The van der Waals surface area contributed by atoms with Gasteiger partial charge in [-0.25, -0.2) is 10.8 Å². The van der Waals surface area contributed by atoms with Gasteiger partial charge in [-0.2, -0.15) is 0 Å². The predicted molar refractivity (Wildman–Crippen MR) is 73.5 cm³/mol. The molecule has 0 aliphatic rings. The van der Waals surface area contributed by atoms with Gasteiger partial charge in [-0.15, -0.1) is 0 Å². The number of hydrogen-bond acceptors (Lipinski definition) is 4. The van der Waals surface area contributed by atoms with Crippen LogP contribution in [-0.2, 0) is 0 Å². The van der Waals surface area contributed by atoms with E-state index in [-0.39, 0.29) is 11.1 Å². The smallest absolute Gasteiger partial charge is 0.253 e. The number of hydrogen-bond donors (Lipinski definition) is 2. The normalized spacial score (nSPS) is 10.2. The van der Waals surface area contributed by atoms with Crippen LogP contribution in [0.4, 0.5) is 5.82 Å². The van der Waals surface area contributed by atoms with E-state index >= 15 is 0 Å². The van der Waals surface area contributed by atoms with E-state index < -0.39 is 0 Å². The number of halogens is 1. The number of nitrogen functional groups attached to an aromatic ring is 1. The molecule has 0 saturated heterocycles. The van der Waals surface area contributed by atoms with Crippen LogP contribution in [-0.4, -0.2) is 29.4 Å². The van der Waals surface area contributed by atoms with Crippen molar-refractivity contribution in [1.29, 1.82) is 0 Å². The third-order valence-corrected chi connectivity index (χ3v) is 2.83. The molecule has 0 atom stereocenters. The first-order valence-electron chi connectivity index (χ1n) is 5.98. The number of aromatic nitrogens is 1. The van der Waals surface area contributed by atoms with Crippen LogP contribution in [0.1, 0.15) is 36.5 Å². The molecule has 0 bridgehead atoms. The van der Waals surface area contributed by atoms with Crippen molar-refractivity contribution in [2.45, 2.75) is 26.2 Å². The van der Waals surface area contributed by atoms with Crippen LogP contribution in [0.25, 0.3) is 0 Å². The van der Waals surface area contributed by atoms with Crippen LogP contribution in [0.15, 0.2) is 12.1 Å². The number of nitrogens with two attached hydrogens (primary N) is 1. The summed E-state index contributed by atoms with van der Waals surface area (Å²) in [6.45, 7) is 2.86. The maximum atomic E-state index is 12.1. The largest absolute Gasteiger partial charge is 0.342 e.